The van der Waals surface area contributed by atoms with Crippen LogP contribution in [0.25, 0.3) is 0 Å². The SMILES string of the molecule is Cn1cc([C@H](O)[C@H](O)[C@@H](O)CCO)c(=O)[nH]c1=O. The highest BCUT2D eigenvalue weighted by atomic mass is 16.4. The molecular weight excluding hydrogens is 244 g/mol. The molecular formula is C10H16N2O6. The molecule has 0 radical (unpaired) electrons. The van der Waals surface area contributed by atoms with Gasteiger partial charge >= 0.3 is 5.69 Å². The molecule has 1 heterocycles. The number of nitrogens with one attached hydrogen (secondary N) is 1. The number of nitrogens with zero attached hydrogens (tertiary/aromatic N) is 1. The third-order valence-corrected chi connectivity index (χ3v) is 2.60. The summed E-state index contributed by atoms with van der Waals surface area (Å²) in [7, 11) is 1.37. The minimum absolute atomic E-state index is 0.137. The first-order valence-corrected chi connectivity index (χ1v) is 5.33. The second kappa shape index (κ2) is 5.91. The summed E-state index contributed by atoms with van der Waals surface area (Å²) in [6.45, 7) is -0.366. The molecule has 0 aromatic carbocycles. The molecule has 0 saturated heterocycles. The fourth-order valence-electron chi connectivity index (χ4n) is 1.49. The summed E-state index contributed by atoms with van der Waals surface area (Å²) >= 11 is 0. The maximum Gasteiger partial charge on any atom is 0.328 e. The van der Waals surface area contributed by atoms with E-state index >= 15 is 0 Å². The number of H-pyrrole nitrogens is 1. The van der Waals surface area contributed by atoms with E-state index in [-0.39, 0.29) is 18.6 Å². The van der Waals surface area contributed by atoms with Crippen molar-refractivity contribution < 1.29 is 20.4 Å². The summed E-state index contributed by atoms with van der Waals surface area (Å²) in [6, 6.07) is 0. The molecule has 102 valence electrons. The number of aryl methyl sites for hydroxylation is 1. The second-order valence-corrected chi connectivity index (χ2v) is 3.97. The van der Waals surface area contributed by atoms with E-state index in [0.717, 1.165) is 10.8 Å². The predicted molar refractivity (Wildman–Crippen MR) is 61.0 cm³/mol. The number of aliphatic hydroxyl groups excluding tert-OH is 4. The lowest BCUT2D eigenvalue weighted by Gasteiger charge is -2.22. The highest BCUT2D eigenvalue weighted by Gasteiger charge is 2.27. The van der Waals surface area contributed by atoms with Crippen LogP contribution in [0.1, 0.15) is 18.1 Å². The fraction of sp³-hybridized carbons (Fsp3) is 0.600. The first kappa shape index (κ1) is 14.6. The molecule has 0 aliphatic carbocycles. The van der Waals surface area contributed by atoms with Gasteiger partial charge in [-0.3, -0.25) is 9.78 Å². The molecule has 0 aliphatic heterocycles. The van der Waals surface area contributed by atoms with Crippen molar-refractivity contribution in [2.75, 3.05) is 6.61 Å². The van der Waals surface area contributed by atoms with Gasteiger partial charge in [0.15, 0.2) is 0 Å². The summed E-state index contributed by atoms with van der Waals surface area (Å²) < 4.78 is 1.03. The molecule has 5 N–H and O–H groups in total. The van der Waals surface area contributed by atoms with Gasteiger partial charge in [0.25, 0.3) is 5.56 Å². The first-order valence-electron chi connectivity index (χ1n) is 5.33. The van der Waals surface area contributed by atoms with Crippen LogP contribution in [0.15, 0.2) is 15.8 Å². The van der Waals surface area contributed by atoms with E-state index in [0.29, 0.717) is 0 Å². The molecule has 0 fully saturated rings. The highest BCUT2D eigenvalue weighted by molar-refractivity contribution is 5.10. The monoisotopic (exact) mass is 260 g/mol. The standard InChI is InChI=1S/C10H16N2O6/c1-12-4-5(9(17)11-10(12)18)7(15)8(16)6(14)2-3-13/h4,6-8,13-16H,2-3H2,1H3,(H,11,17,18)/t6-,7-,8+/m0/s1. The van der Waals surface area contributed by atoms with Crippen LogP contribution in [0.4, 0.5) is 0 Å². The summed E-state index contributed by atoms with van der Waals surface area (Å²) in [6.07, 6.45) is -3.71. The minimum Gasteiger partial charge on any atom is -0.396 e. The van der Waals surface area contributed by atoms with E-state index in [4.69, 9.17) is 5.11 Å². The summed E-state index contributed by atoms with van der Waals surface area (Å²) in [5, 5.41) is 37.4. The van der Waals surface area contributed by atoms with Gasteiger partial charge in [0.05, 0.1) is 11.7 Å². The third-order valence-electron chi connectivity index (χ3n) is 2.60. The van der Waals surface area contributed by atoms with Crippen molar-refractivity contribution in [2.45, 2.75) is 24.7 Å². The molecule has 1 aromatic heterocycles. The Morgan fingerprint density at radius 3 is 2.50 bits per heavy atom. The van der Waals surface area contributed by atoms with Gasteiger partial charge in [-0.2, -0.15) is 0 Å². The number of rotatable bonds is 5. The molecule has 3 atom stereocenters. The molecule has 0 bridgehead atoms. The zero-order valence-corrected chi connectivity index (χ0v) is 9.78. The Morgan fingerprint density at radius 2 is 1.94 bits per heavy atom. The summed E-state index contributed by atoms with van der Waals surface area (Å²) in [5.41, 5.74) is -1.72. The first-order chi connectivity index (χ1) is 8.38. The fourth-order valence-corrected chi connectivity index (χ4v) is 1.49. The molecule has 1 aromatic rings. The number of aromatic nitrogens is 2. The van der Waals surface area contributed by atoms with Crippen LogP contribution in [0.5, 0.6) is 0 Å². The maximum absolute atomic E-state index is 11.4. The normalized spacial score (nSPS) is 16.3. The van der Waals surface area contributed by atoms with Gasteiger partial charge in [-0.1, -0.05) is 0 Å². The average Bonchev–Trinajstić information content (AvgIpc) is 2.32. The van der Waals surface area contributed by atoms with Crippen molar-refractivity contribution >= 4 is 0 Å². The predicted octanol–water partition coefficient (Wildman–Crippen LogP) is -2.79. The van der Waals surface area contributed by atoms with Crippen molar-refractivity contribution in [2.24, 2.45) is 7.05 Å². The molecule has 0 spiro atoms. The third kappa shape index (κ3) is 3.05. The molecule has 8 heteroatoms. The lowest BCUT2D eigenvalue weighted by molar-refractivity contribution is -0.0677. The van der Waals surface area contributed by atoms with Gasteiger partial charge in [0, 0.05) is 19.9 Å². The molecule has 0 saturated carbocycles. The van der Waals surface area contributed by atoms with Crippen molar-refractivity contribution in [3.8, 4) is 0 Å². The Morgan fingerprint density at radius 1 is 1.33 bits per heavy atom. The smallest absolute Gasteiger partial charge is 0.328 e. The Kier molecular flexibility index (Phi) is 4.79. The molecule has 1 rings (SSSR count). The average molecular weight is 260 g/mol. The van der Waals surface area contributed by atoms with Crippen LogP contribution in [0.3, 0.4) is 0 Å². The summed E-state index contributed by atoms with van der Waals surface area (Å²) in [4.78, 5) is 24.5. The zero-order chi connectivity index (χ0) is 13.9. The van der Waals surface area contributed by atoms with Crippen molar-refractivity contribution in [1.82, 2.24) is 9.55 Å². The lowest BCUT2D eigenvalue weighted by Crippen LogP contribution is -2.38. The van der Waals surface area contributed by atoms with E-state index in [9.17, 15) is 24.9 Å². The molecule has 0 aliphatic rings. The number of hydrogen-bond acceptors (Lipinski definition) is 6. The number of hydrogen-bond donors (Lipinski definition) is 5. The van der Waals surface area contributed by atoms with Crippen LogP contribution >= 0.6 is 0 Å². The van der Waals surface area contributed by atoms with E-state index in [1.54, 1.807) is 0 Å². The van der Waals surface area contributed by atoms with E-state index in [2.05, 4.69) is 0 Å². The highest BCUT2D eigenvalue weighted by Crippen LogP contribution is 2.16. The second-order valence-electron chi connectivity index (χ2n) is 3.97. The van der Waals surface area contributed by atoms with Gasteiger partial charge in [-0.05, 0) is 6.42 Å². The zero-order valence-electron chi connectivity index (χ0n) is 9.78. The number of aliphatic hydroxyl groups is 4. The van der Waals surface area contributed by atoms with Crippen LogP contribution in [-0.4, -0.2) is 48.8 Å². The Balaban J connectivity index is 3.04. The number of aromatic amines is 1. The van der Waals surface area contributed by atoms with E-state index in [1.165, 1.54) is 7.05 Å². The quantitative estimate of drug-likeness (QED) is 0.388. The molecule has 0 unspecified atom stereocenters. The molecule has 18 heavy (non-hydrogen) atoms. The lowest BCUT2D eigenvalue weighted by atomic mass is 10.0. The topological polar surface area (TPSA) is 136 Å². The Labute approximate surface area is 102 Å². The van der Waals surface area contributed by atoms with Gasteiger partial charge in [-0.25, -0.2) is 4.79 Å². The van der Waals surface area contributed by atoms with Crippen molar-refractivity contribution in [3.63, 3.8) is 0 Å². The van der Waals surface area contributed by atoms with Crippen LogP contribution < -0.4 is 11.2 Å². The molecule has 0 amide bonds. The largest absolute Gasteiger partial charge is 0.396 e. The Hall–Kier alpha value is -1.48. The van der Waals surface area contributed by atoms with Crippen molar-refractivity contribution in [1.29, 1.82) is 0 Å². The van der Waals surface area contributed by atoms with Crippen molar-refractivity contribution in [3.05, 3.63) is 32.6 Å². The van der Waals surface area contributed by atoms with Gasteiger partial charge in [0.2, 0.25) is 0 Å². The summed E-state index contributed by atoms with van der Waals surface area (Å²) in [5.74, 6) is 0. The molecule has 8 nitrogen and oxygen atoms in total. The maximum atomic E-state index is 11.4. The van der Waals surface area contributed by atoms with Gasteiger partial charge in [0.1, 0.15) is 12.2 Å². The van der Waals surface area contributed by atoms with Gasteiger partial charge in [-0.15, -0.1) is 0 Å². The van der Waals surface area contributed by atoms with E-state index in [1.807, 2.05) is 4.98 Å². The van der Waals surface area contributed by atoms with Crippen LogP contribution in [-0.2, 0) is 7.05 Å². The minimum atomic E-state index is -1.65. The van der Waals surface area contributed by atoms with Gasteiger partial charge < -0.3 is 25.0 Å². The van der Waals surface area contributed by atoms with E-state index < -0.39 is 29.6 Å². The van der Waals surface area contributed by atoms with Crippen LogP contribution in [0.2, 0.25) is 0 Å². The van der Waals surface area contributed by atoms with Crippen LogP contribution in [0, 0.1) is 0 Å². The Bertz CT molecular complexity index is 508.